The van der Waals surface area contributed by atoms with Crippen molar-refractivity contribution in [1.29, 1.82) is 0 Å². The van der Waals surface area contributed by atoms with Gasteiger partial charge in [-0.2, -0.15) is 5.10 Å². The predicted octanol–water partition coefficient (Wildman–Crippen LogP) is 4.97. The Hall–Kier alpha value is -3.30. The molecule has 2 aromatic heterocycles. The van der Waals surface area contributed by atoms with Crippen molar-refractivity contribution in [2.75, 3.05) is 19.6 Å². The monoisotopic (exact) mass is 534 g/mol. The van der Waals surface area contributed by atoms with Crippen LogP contribution in [0.5, 0.6) is 0 Å². The van der Waals surface area contributed by atoms with Crippen LogP contribution in [-0.4, -0.2) is 44.9 Å². The lowest BCUT2D eigenvalue weighted by Crippen LogP contribution is -2.37. The van der Waals surface area contributed by atoms with Gasteiger partial charge in [-0.1, -0.05) is 24.3 Å². The quantitative estimate of drug-likeness (QED) is 0.313. The molecule has 0 unspecified atom stereocenters. The minimum Gasteiger partial charge on any atom is -0.456 e. The van der Waals surface area contributed by atoms with E-state index in [4.69, 9.17) is 4.74 Å². The zero-order valence-corrected chi connectivity index (χ0v) is 22.1. The van der Waals surface area contributed by atoms with Gasteiger partial charge in [0.05, 0.1) is 12.1 Å². The Morgan fingerprint density at radius 2 is 1.87 bits per heavy atom. The number of piperidine rings is 1. The van der Waals surface area contributed by atoms with Gasteiger partial charge in [0.15, 0.2) is 0 Å². The van der Waals surface area contributed by atoms with Gasteiger partial charge >= 0.3 is 11.7 Å². The summed E-state index contributed by atoms with van der Waals surface area (Å²) in [4.78, 5) is 28.6. The van der Waals surface area contributed by atoms with Crippen molar-refractivity contribution in [2.45, 2.75) is 57.7 Å². The highest BCUT2D eigenvalue weighted by Gasteiger charge is 2.27. The maximum atomic E-state index is 14.0. The standard InChI is InChI=1S/C29H31FN4O3S/c30-22-9-10-23-24(18-22)38-25(19-37-28(35)21-6-2-1-3-7-21)27(23)20-11-14-32(15-12-20)16-17-34-29(36)33-13-5-4-8-26(33)31-34/h1-3,6-7,9-10,18,20H,4-5,8,11-17,19H2. The number of carbonyl (C=O) groups excluding carboxylic acids is 1. The van der Waals surface area contributed by atoms with E-state index in [-0.39, 0.29) is 24.1 Å². The Bertz CT molecular complexity index is 1500. The summed E-state index contributed by atoms with van der Waals surface area (Å²) in [5.41, 5.74) is 1.72. The number of ether oxygens (including phenoxy) is 1. The minimum atomic E-state index is -0.355. The maximum Gasteiger partial charge on any atom is 0.345 e. The first kappa shape index (κ1) is 25.0. The fourth-order valence-electron chi connectivity index (χ4n) is 5.76. The molecule has 0 aliphatic carbocycles. The van der Waals surface area contributed by atoms with Crippen LogP contribution in [0.15, 0.2) is 53.3 Å². The number of likely N-dealkylation sites (tertiary alicyclic amines) is 1. The van der Waals surface area contributed by atoms with Crippen LogP contribution >= 0.6 is 11.3 Å². The van der Waals surface area contributed by atoms with Gasteiger partial charge in [0.25, 0.3) is 0 Å². The van der Waals surface area contributed by atoms with Crippen LogP contribution in [0.2, 0.25) is 0 Å². The molecule has 4 aromatic rings. The molecular formula is C29H31FN4O3S. The molecule has 2 aromatic carbocycles. The number of hydrogen-bond acceptors (Lipinski definition) is 6. The van der Waals surface area contributed by atoms with E-state index in [0.29, 0.717) is 18.0 Å². The molecule has 2 aliphatic rings. The van der Waals surface area contributed by atoms with Crippen LogP contribution in [-0.2, 0) is 30.9 Å². The van der Waals surface area contributed by atoms with Crippen LogP contribution in [0.25, 0.3) is 10.1 Å². The van der Waals surface area contributed by atoms with E-state index in [9.17, 15) is 14.0 Å². The lowest BCUT2D eigenvalue weighted by Gasteiger charge is -2.32. The zero-order chi connectivity index (χ0) is 26.1. The summed E-state index contributed by atoms with van der Waals surface area (Å²) >= 11 is 1.51. The van der Waals surface area contributed by atoms with E-state index in [0.717, 1.165) is 79.1 Å². The Morgan fingerprint density at radius 1 is 1.05 bits per heavy atom. The van der Waals surface area contributed by atoms with Crippen molar-refractivity contribution in [3.8, 4) is 0 Å². The number of nitrogens with zero attached hydrogens (tertiary/aromatic N) is 4. The van der Waals surface area contributed by atoms with E-state index < -0.39 is 0 Å². The van der Waals surface area contributed by atoms with Gasteiger partial charge in [-0.15, -0.1) is 11.3 Å². The van der Waals surface area contributed by atoms with Crippen molar-refractivity contribution < 1.29 is 13.9 Å². The highest BCUT2D eigenvalue weighted by atomic mass is 32.1. The average molecular weight is 535 g/mol. The molecule has 38 heavy (non-hydrogen) atoms. The van der Waals surface area contributed by atoms with Crippen LogP contribution < -0.4 is 5.69 Å². The Labute approximate surface area is 224 Å². The Kier molecular flexibility index (Phi) is 7.12. The number of hydrogen-bond donors (Lipinski definition) is 0. The second-order valence-corrected chi connectivity index (χ2v) is 11.3. The molecular weight excluding hydrogens is 503 g/mol. The van der Waals surface area contributed by atoms with Gasteiger partial charge in [-0.25, -0.2) is 18.7 Å². The summed E-state index contributed by atoms with van der Waals surface area (Å²) in [6.07, 6.45) is 4.94. The van der Waals surface area contributed by atoms with Gasteiger partial charge < -0.3 is 9.64 Å². The smallest absolute Gasteiger partial charge is 0.345 e. The summed E-state index contributed by atoms with van der Waals surface area (Å²) in [5, 5.41) is 5.62. The summed E-state index contributed by atoms with van der Waals surface area (Å²) in [6.45, 7) is 4.17. The topological polar surface area (TPSA) is 69.4 Å². The SMILES string of the molecule is O=C(OCc1sc2cc(F)ccc2c1C1CCN(CCn2nc3n(c2=O)CCCC3)CC1)c1ccccc1. The third kappa shape index (κ3) is 5.05. The Balaban J connectivity index is 1.14. The summed E-state index contributed by atoms with van der Waals surface area (Å²) < 4.78 is 24.0. The van der Waals surface area contributed by atoms with E-state index in [1.165, 1.54) is 23.0 Å². The third-order valence-corrected chi connectivity index (χ3v) is 8.91. The van der Waals surface area contributed by atoms with Gasteiger partial charge in [0.2, 0.25) is 0 Å². The molecule has 0 atom stereocenters. The molecule has 0 N–H and O–H groups in total. The van der Waals surface area contributed by atoms with Crippen molar-refractivity contribution >= 4 is 27.4 Å². The number of benzene rings is 2. The second-order valence-electron chi connectivity index (χ2n) is 10.2. The first-order valence-electron chi connectivity index (χ1n) is 13.4. The predicted molar refractivity (Wildman–Crippen MR) is 145 cm³/mol. The van der Waals surface area contributed by atoms with E-state index >= 15 is 0 Å². The molecule has 198 valence electrons. The molecule has 0 bridgehead atoms. The molecule has 9 heteroatoms. The fraction of sp³-hybridized carbons (Fsp3) is 0.414. The molecule has 0 spiro atoms. The van der Waals surface area contributed by atoms with Gasteiger partial charge in [-0.05, 0) is 79.9 Å². The summed E-state index contributed by atoms with van der Waals surface area (Å²) in [6, 6.07) is 13.9. The molecule has 7 nitrogen and oxygen atoms in total. The highest BCUT2D eigenvalue weighted by molar-refractivity contribution is 7.19. The molecule has 4 heterocycles. The number of rotatable bonds is 7. The number of esters is 1. The number of fused-ring (bicyclic) bond motifs is 2. The van der Waals surface area contributed by atoms with Crippen LogP contribution in [0.3, 0.4) is 0 Å². The normalized spacial score (nSPS) is 16.6. The maximum absolute atomic E-state index is 14.0. The fourth-order valence-corrected chi connectivity index (χ4v) is 6.99. The van der Waals surface area contributed by atoms with E-state index in [2.05, 4.69) is 10.00 Å². The highest BCUT2D eigenvalue weighted by Crippen LogP contribution is 2.41. The lowest BCUT2D eigenvalue weighted by molar-refractivity contribution is 0.0475. The van der Waals surface area contributed by atoms with Gasteiger partial charge in [0.1, 0.15) is 18.2 Å². The van der Waals surface area contributed by atoms with E-state index in [1.807, 2.05) is 28.8 Å². The lowest BCUT2D eigenvalue weighted by atomic mass is 9.87. The zero-order valence-electron chi connectivity index (χ0n) is 21.3. The second kappa shape index (κ2) is 10.8. The minimum absolute atomic E-state index is 0.0150. The number of aromatic nitrogens is 3. The average Bonchev–Trinajstić information content (AvgIpc) is 3.47. The number of thiophene rings is 1. The van der Waals surface area contributed by atoms with Gasteiger partial charge in [0, 0.05) is 29.1 Å². The first-order chi connectivity index (χ1) is 18.6. The molecule has 2 aliphatic heterocycles. The molecule has 0 saturated carbocycles. The van der Waals surface area contributed by atoms with Crippen molar-refractivity contribution in [3.05, 3.63) is 86.7 Å². The van der Waals surface area contributed by atoms with Crippen LogP contribution in [0, 0.1) is 5.82 Å². The summed E-state index contributed by atoms with van der Waals surface area (Å²) in [7, 11) is 0. The Morgan fingerprint density at radius 3 is 2.66 bits per heavy atom. The molecule has 0 amide bonds. The van der Waals surface area contributed by atoms with Gasteiger partial charge in [-0.3, -0.25) is 4.57 Å². The number of halogens is 1. The number of carbonyl (C=O) groups is 1. The molecule has 0 radical (unpaired) electrons. The van der Waals surface area contributed by atoms with Crippen molar-refractivity contribution in [3.63, 3.8) is 0 Å². The largest absolute Gasteiger partial charge is 0.456 e. The molecule has 1 saturated heterocycles. The number of aryl methyl sites for hydroxylation is 1. The molecule has 6 rings (SSSR count). The molecule has 1 fully saturated rings. The van der Waals surface area contributed by atoms with Crippen LogP contribution in [0.1, 0.15) is 58.2 Å². The van der Waals surface area contributed by atoms with Crippen molar-refractivity contribution in [1.82, 2.24) is 19.2 Å². The third-order valence-electron chi connectivity index (χ3n) is 7.77. The first-order valence-corrected chi connectivity index (χ1v) is 14.2. The summed E-state index contributed by atoms with van der Waals surface area (Å²) in [5.74, 6) is 0.607. The van der Waals surface area contributed by atoms with Crippen molar-refractivity contribution in [2.24, 2.45) is 0 Å². The van der Waals surface area contributed by atoms with E-state index in [1.54, 1.807) is 22.9 Å². The van der Waals surface area contributed by atoms with Crippen LogP contribution in [0.4, 0.5) is 4.39 Å².